The molecule has 2 heteroatoms. The molecule has 1 heterocycles. The van der Waals surface area contributed by atoms with Gasteiger partial charge in [-0.15, -0.1) is 0 Å². The van der Waals surface area contributed by atoms with Crippen LogP contribution in [0.3, 0.4) is 0 Å². The monoisotopic (exact) mass is 218 g/mol. The number of phenols is 1. The molecule has 0 aliphatic rings. The van der Waals surface area contributed by atoms with E-state index in [-0.39, 0.29) is 5.75 Å². The van der Waals surface area contributed by atoms with Crippen molar-refractivity contribution in [2.24, 2.45) is 0 Å². The molecule has 0 spiro atoms. The molecule has 2 nitrogen and oxygen atoms in total. The van der Waals surface area contributed by atoms with E-state index in [1.165, 1.54) is 0 Å². The molecule has 2 aromatic rings. The predicted molar refractivity (Wildman–Crippen MR) is 66.5 cm³/mol. The molecular weight excluding hydrogens is 200 g/mol. The van der Waals surface area contributed by atoms with E-state index >= 15 is 0 Å². The molecule has 0 bridgehead atoms. The number of rotatable bonds is 2. The molecule has 0 unspecified atom stereocenters. The van der Waals surface area contributed by atoms with Crippen molar-refractivity contribution >= 4 is 0 Å². The summed E-state index contributed by atoms with van der Waals surface area (Å²) in [4.78, 5) is 0. The highest BCUT2D eigenvalue weighted by Gasteiger charge is 2.06. The fourth-order valence-corrected chi connectivity index (χ4v) is 1.44. The van der Waals surface area contributed by atoms with Crippen LogP contribution >= 0.6 is 0 Å². The summed E-state index contributed by atoms with van der Waals surface area (Å²) < 4.78 is 5.21. The van der Waals surface area contributed by atoms with Crippen LogP contribution in [-0.4, -0.2) is 5.11 Å². The third-order valence-electron chi connectivity index (χ3n) is 2.26. The standard InChI is InChI=1S/C12H12O2.C2H6/c1-2-9-5-6-10(11(13)8-9)12-4-3-7-14-12;1-2/h3-8,13H,2H2,1H3;1-2H3. The predicted octanol–water partition coefficient (Wildman–Crippen LogP) is 4.24. The van der Waals surface area contributed by atoms with E-state index < -0.39 is 0 Å². The molecule has 0 saturated heterocycles. The second kappa shape index (κ2) is 6.01. The van der Waals surface area contributed by atoms with Crippen molar-refractivity contribution in [3.05, 3.63) is 42.2 Å². The van der Waals surface area contributed by atoms with Gasteiger partial charge in [0.1, 0.15) is 11.5 Å². The molecule has 1 N–H and O–H groups in total. The normalized spacial score (nSPS) is 9.44. The van der Waals surface area contributed by atoms with Crippen molar-refractivity contribution in [2.45, 2.75) is 27.2 Å². The van der Waals surface area contributed by atoms with Gasteiger partial charge in [0.2, 0.25) is 0 Å². The van der Waals surface area contributed by atoms with Gasteiger partial charge in [-0.1, -0.05) is 26.8 Å². The molecule has 0 aliphatic carbocycles. The molecule has 1 aromatic heterocycles. The Balaban J connectivity index is 0.000000606. The Morgan fingerprint density at radius 3 is 2.44 bits per heavy atom. The highest BCUT2D eigenvalue weighted by molar-refractivity contribution is 5.65. The SMILES string of the molecule is CC.CCc1ccc(-c2ccco2)c(O)c1. The van der Waals surface area contributed by atoms with Crippen LogP contribution in [0.15, 0.2) is 41.0 Å². The van der Waals surface area contributed by atoms with Crippen LogP contribution in [0.1, 0.15) is 26.3 Å². The molecule has 86 valence electrons. The smallest absolute Gasteiger partial charge is 0.137 e. The second-order valence-corrected chi connectivity index (χ2v) is 3.18. The maximum atomic E-state index is 9.73. The molecular formula is C14H18O2. The summed E-state index contributed by atoms with van der Waals surface area (Å²) in [7, 11) is 0. The average molecular weight is 218 g/mol. The van der Waals surface area contributed by atoms with Crippen LogP contribution in [0, 0.1) is 0 Å². The van der Waals surface area contributed by atoms with E-state index in [9.17, 15) is 5.11 Å². The van der Waals surface area contributed by atoms with Crippen LogP contribution in [0.4, 0.5) is 0 Å². The van der Waals surface area contributed by atoms with E-state index in [1.54, 1.807) is 12.3 Å². The van der Waals surface area contributed by atoms with Crippen molar-refractivity contribution in [3.8, 4) is 17.1 Å². The number of hydrogen-bond donors (Lipinski definition) is 1. The fourth-order valence-electron chi connectivity index (χ4n) is 1.44. The lowest BCUT2D eigenvalue weighted by Crippen LogP contribution is -1.81. The third kappa shape index (κ3) is 2.66. The van der Waals surface area contributed by atoms with Crippen molar-refractivity contribution < 1.29 is 9.52 Å². The van der Waals surface area contributed by atoms with Crippen molar-refractivity contribution in [2.75, 3.05) is 0 Å². The Bertz CT molecular complexity index is 416. The zero-order valence-electron chi connectivity index (χ0n) is 10.0. The Morgan fingerprint density at radius 1 is 1.19 bits per heavy atom. The molecule has 0 aliphatic heterocycles. The topological polar surface area (TPSA) is 33.4 Å². The first-order valence-electron chi connectivity index (χ1n) is 5.67. The van der Waals surface area contributed by atoms with E-state index in [2.05, 4.69) is 6.92 Å². The van der Waals surface area contributed by atoms with Crippen LogP contribution in [0.5, 0.6) is 5.75 Å². The highest BCUT2D eigenvalue weighted by Crippen LogP contribution is 2.30. The zero-order valence-corrected chi connectivity index (χ0v) is 10.0. The van der Waals surface area contributed by atoms with Gasteiger partial charge < -0.3 is 9.52 Å². The van der Waals surface area contributed by atoms with Gasteiger partial charge >= 0.3 is 0 Å². The van der Waals surface area contributed by atoms with Crippen LogP contribution in [0.25, 0.3) is 11.3 Å². The van der Waals surface area contributed by atoms with Gasteiger partial charge in [-0.25, -0.2) is 0 Å². The number of aromatic hydroxyl groups is 1. The molecule has 1 aromatic carbocycles. The first-order chi connectivity index (χ1) is 7.81. The number of furan rings is 1. The first kappa shape index (κ1) is 12.4. The van der Waals surface area contributed by atoms with E-state index in [0.29, 0.717) is 5.76 Å². The summed E-state index contributed by atoms with van der Waals surface area (Å²) in [6.45, 7) is 6.06. The third-order valence-corrected chi connectivity index (χ3v) is 2.26. The first-order valence-corrected chi connectivity index (χ1v) is 5.67. The van der Waals surface area contributed by atoms with Crippen LogP contribution in [-0.2, 0) is 6.42 Å². The van der Waals surface area contributed by atoms with Gasteiger partial charge in [0.25, 0.3) is 0 Å². The Labute approximate surface area is 96.5 Å². The quantitative estimate of drug-likeness (QED) is 0.817. The maximum Gasteiger partial charge on any atom is 0.137 e. The molecule has 0 saturated carbocycles. The second-order valence-electron chi connectivity index (χ2n) is 3.18. The van der Waals surface area contributed by atoms with Crippen molar-refractivity contribution in [1.82, 2.24) is 0 Å². The van der Waals surface area contributed by atoms with Gasteiger partial charge in [-0.05, 0) is 36.2 Å². The Kier molecular flexibility index (Phi) is 4.65. The number of aryl methyl sites for hydroxylation is 1. The zero-order chi connectivity index (χ0) is 12.0. The minimum absolute atomic E-state index is 0.277. The lowest BCUT2D eigenvalue weighted by molar-refractivity contribution is 0.473. The van der Waals surface area contributed by atoms with Gasteiger partial charge in [-0.2, -0.15) is 0 Å². The lowest BCUT2D eigenvalue weighted by Gasteiger charge is -2.03. The fraction of sp³-hybridized carbons (Fsp3) is 0.286. The van der Waals surface area contributed by atoms with Crippen LogP contribution < -0.4 is 0 Å². The summed E-state index contributed by atoms with van der Waals surface area (Å²) in [5, 5.41) is 9.73. The van der Waals surface area contributed by atoms with Crippen molar-refractivity contribution in [3.63, 3.8) is 0 Å². The van der Waals surface area contributed by atoms with E-state index in [4.69, 9.17) is 4.42 Å². The van der Waals surface area contributed by atoms with E-state index in [1.807, 2.05) is 38.1 Å². The maximum absolute atomic E-state index is 9.73. The Morgan fingerprint density at radius 2 is 1.94 bits per heavy atom. The number of phenolic OH excluding ortho intramolecular Hbond substituents is 1. The summed E-state index contributed by atoms with van der Waals surface area (Å²) in [6.07, 6.45) is 2.52. The molecule has 2 rings (SSSR count). The largest absolute Gasteiger partial charge is 0.507 e. The average Bonchev–Trinajstić information content (AvgIpc) is 2.85. The van der Waals surface area contributed by atoms with Crippen molar-refractivity contribution in [1.29, 1.82) is 0 Å². The van der Waals surface area contributed by atoms with Gasteiger partial charge in [0, 0.05) is 0 Å². The van der Waals surface area contributed by atoms with Gasteiger partial charge in [0.15, 0.2) is 0 Å². The minimum atomic E-state index is 0.277. The molecule has 0 radical (unpaired) electrons. The summed E-state index contributed by atoms with van der Waals surface area (Å²) in [5.74, 6) is 0.976. The molecule has 0 fully saturated rings. The van der Waals surface area contributed by atoms with E-state index in [0.717, 1.165) is 17.5 Å². The number of hydrogen-bond acceptors (Lipinski definition) is 2. The molecule has 0 amide bonds. The van der Waals surface area contributed by atoms with Gasteiger partial charge in [0.05, 0.1) is 11.8 Å². The minimum Gasteiger partial charge on any atom is -0.507 e. The van der Waals surface area contributed by atoms with Crippen LogP contribution in [0.2, 0.25) is 0 Å². The number of benzene rings is 1. The van der Waals surface area contributed by atoms with Gasteiger partial charge in [-0.3, -0.25) is 0 Å². The lowest BCUT2D eigenvalue weighted by atomic mass is 10.1. The summed E-state index contributed by atoms with van der Waals surface area (Å²) >= 11 is 0. The Hall–Kier alpha value is -1.70. The summed E-state index contributed by atoms with van der Waals surface area (Å²) in [6, 6.07) is 9.30. The molecule has 0 atom stereocenters. The molecule has 16 heavy (non-hydrogen) atoms. The highest BCUT2D eigenvalue weighted by atomic mass is 16.3. The summed E-state index contributed by atoms with van der Waals surface area (Å²) in [5.41, 5.74) is 1.87.